The third-order valence-corrected chi connectivity index (χ3v) is 3.21. The van der Waals surface area contributed by atoms with E-state index >= 15 is 0 Å². The Morgan fingerprint density at radius 2 is 2.20 bits per heavy atom. The number of aryl methyl sites for hydroxylation is 2. The highest BCUT2D eigenvalue weighted by Crippen LogP contribution is 2.29. The summed E-state index contributed by atoms with van der Waals surface area (Å²) in [5, 5.41) is 4.36. The zero-order chi connectivity index (χ0) is 14.5. The lowest BCUT2D eigenvalue weighted by Crippen LogP contribution is -2.31. The van der Waals surface area contributed by atoms with E-state index in [9.17, 15) is 0 Å². The maximum atomic E-state index is 5.75. The first-order valence-electron chi connectivity index (χ1n) is 6.69. The number of rotatable bonds is 6. The average molecular weight is 275 g/mol. The molecule has 3 N–H and O–H groups in total. The molecule has 0 saturated carbocycles. The van der Waals surface area contributed by atoms with Gasteiger partial charge in [-0.2, -0.15) is 5.10 Å². The Hall–Kier alpha value is -1.92. The minimum absolute atomic E-state index is 0.202. The van der Waals surface area contributed by atoms with Gasteiger partial charge in [-0.15, -0.1) is 0 Å². The molecule has 0 fully saturated rings. The largest absolute Gasteiger partial charge is 0.493 e. The summed E-state index contributed by atoms with van der Waals surface area (Å²) in [6, 6.07) is 3.77. The molecule has 6 heteroatoms. The van der Waals surface area contributed by atoms with Crippen LogP contribution in [-0.2, 0) is 6.54 Å². The third-order valence-electron chi connectivity index (χ3n) is 3.21. The molecular formula is C14H21N5O. The summed E-state index contributed by atoms with van der Waals surface area (Å²) in [6.45, 7) is 4.88. The van der Waals surface area contributed by atoms with Crippen LogP contribution in [0, 0.1) is 6.92 Å². The standard InChI is InChI=1S/C14H21N5O/c1-4-7-19-14(12(20-3)9-17-19)13(18-15)11-6-5-10(2)16-8-11/h5-6,8-9,13,18H,4,7,15H2,1-3H3. The lowest BCUT2D eigenvalue weighted by molar-refractivity contribution is 0.398. The second kappa shape index (κ2) is 6.49. The molecule has 0 aromatic carbocycles. The lowest BCUT2D eigenvalue weighted by Gasteiger charge is -2.19. The molecule has 1 unspecified atom stereocenters. The summed E-state index contributed by atoms with van der Waals surface area (Å²) < 4.78 is 7.32. The third kappa shape index (κ3) is 2.81. The molecule has 0 bridgehead atoms. The summed E-state index contributed by atoms with van der Waals surface area (Å²) in [4.78, 5) is 4.32. The minimum atomic E-state index is -0.202. The van der Waals surface area contributed by atoms with Crippen molar-refractivity contribution in [1.82, 2.24) is 20.2 Å². The van der Waals surface area contributed by atoms with Crippen LogP contribution in [0.1, 0.15) is 36.3 Å². The molecule has 0 radical (unpaired) electrons. The Morgan fingerprint density at radius 1 is 1.40 bits per heavy atom. The fourth-order valence-electron chi connectivity index (χ4n) is 2.20. The van der Waals surface area contributed by atoms with Crippen molar-refractivity contribution in [3.8, 4) is 5.75 Å². The first-order valence-corrected chi connectivity index (χ1v) is 6.69. The van der Waals surface area contributed by atoms with Crippen molar-refractivity contribution in [3.05, 3.63) is 41.5 Å². The van der Waals surface area contributed by atoms with Gasteiger partial charge in [-0.05, 0) is 25.0 Å². The molecule has 2 heterocycles. The zero-order valence-electron chi connectivity index (χ0n) is 12.1. The number of hydrazine groups is 1. The van der Waals surface area contributed by atoms with Gasteiger partial charge in [0.05, 0.1) is 19.3 Å². The van der Waals surface area contributed by atoms with Gasteiger partial charge in [-0.3, -0.25) is 15.5 Å². The summed E-state index contributed by atoms with van der Waals surface area (Å²) in [5.41, 5.74) is 5.70. The van der Waals surface area contributed by atoms with Crippen LogP contribution in [0.4, 0.5) is 0 Å². The minimum Gasteiger partial charge on any atom is -0.493 e. The number of nitrogens with two attached hydrogens (primary N) is 1. The number of methoxy groups -OCH3 is 1. The van der Waals surface area contributed by atoms with Gasteiger partial charge in [-0.1, -0.05) is 13.0 Å². The number of nitrogens with one attached hydrogen (secondary N) is 1. The van der Waals surface area contributed by atoms with Crippen LogP contribution < -0.4 is 16.0 Å². The van der Waals surface area contributed by atoms with Gasteiger partial charge < -0.3 is 4.74 Å². The predicted octanol–water partition coefficient (Wildman–Crippen LogP) is 1.56. The van der Waals surface area contributed by atoms with Gasteiger partial charge in [0.15, 0.2) is 5.75 Å². The summed E-state index contributed by atoms with van der Waals surface area (Å²) in [6.07, 6.45) is 4.53. The highest BCUT2D eigenvalue weighted by molar-refractivity contribution is 5.35. The molecule has 2 rings (SSSR count). The van der Waals surface area contributed by atoms with Crippen molar-refractivity contribution in [3.63, 3.8) is 0 Å². The lowest BCUT2D eigenvalue weighted by atomic mass is 10.1. The molecule has 1 atom stereocenters. The molecule has 0 aliphatic carbocycles. The van der Waals surface area contributed by atoms with E-state index in [1.165, 1.54) is 0 Å². The van der Waals surface area contributed by atoms with Gasteiger partial charge in [0.2, 0.25) is 0 Å². The van der Waals surface area contributed by atoms with Gasteiger partial charge >= 0.3 is 0 Å². The van der Waals surface area contributed by atoms with E-state index in [0.717, 1.165) is 35.7 Å². The van der Waals surface area contributed by atoms with Crippen LogP contribution in [0.15, 0.2) is 24.5 Å². The molecule has 0 amide bonds. The Balaban J connectivity index is 2.44. The second-order valence-corrected chi connectivity index (χ2v) is 4.65. The van der Waals surface area contributed by atoms with Crippen LogP contribution in [0.3, 0.4) is 0 Å². The second-order valence-electron chi connectivity index (χ2n) is 4.65. The van der Waals surface area contributed by atoms with Crippen molar-refractivity contribution < 1.29 is 4.74 Å². The average Bonchev–Trinajstić information content (AvgIpc) is 2.85. The Bertz CT molecular complexity index is 549. The van der Waals surface area contributed by atoms with Gasteiger partial charge in [0.25, 0.3) is 0 Å². The first kappa shape index (κ1) is 14.5. The van der Waals surface area contributed by atoms with E-state index in [2.05, 4.69) is 22.4 Å². The topological polar surface area (TPSA) is 78.0 Å². The number of aromatic nitrogens is 3. The smallest absolute Gasteiger partial charge is 0.161 e. The molecule has 0 saturated heterocycles. The maximum absolute atomic E-state index is 5.75. The summed E-state index contributed by atoms with van der Waals surface area (Å²) in [5.74, 6) is 6.47. The molecule has 2 aromatic heterocycles. The quantitative estimate of drug-likeness (QED) is 0.618. The van der Waals surface area contributed by atoms with Crippen molar-refractivity contribution in [2.75, 3.05) is 7.11 Å². The molecule has 0 spiro atoms. The normalized spacial score (nSPS) is 12.4. The van der Waals surface area contributed by atoms with E-state index in [1.54, 1.807) is 13.3 Å². The summed E-state index contributed by atoms with van der Waals surface area (Å²) in [7, 11) is 1.64. The molecular weight excluding hydrogens is 254 g/mol. The van der Waals surface area contributed by atoms with E-state index < -0.39 is 0 Å². The Kier molecular flexibility index (Phi) is 4.70. The fraction of sp³-hybridized carbons (Fsp3) is 0.429. The zero-order valence-corrected chi connectivity index (χ0v) is 12.1. The fourth-order valence-corrected chi connectivity index (χ4v) is 2.20. The van der Waals surface area contributed by atoms with Crippen molar-refractivity contribution in [2.45, 2.75) is 32.9 Å². The van der Waals surface area contributed by atoms with Crippen LogP contribution in [0.2, 0.25) is 0 Å². The molecule has 6 nitrogen and oxygen atoms in total. The van der Waals surface area contributed by atoms with Crippen LogP contribution >= 0.6 is 0 Å². The maximum Gasteiger partial charge on any atom is 0.161 e. The van der Waals surface area contributed by atoms with E-state index in [0.29, 0.717) is 0 Å². The molecule has 0 aliphatic heterocycles. The van der Waals surface area contributed by atoms with Gasteiger partial charge in [0.1, 0.15) is 5.69 Å². The Morgan fingerprint density at radius 3 is 2.75 bits per heavy atom. The monoisotopic (exact) mass is 275 g/mol. The summed E-state index contributed by atoms with van der Waals surface area (Å²) >= 11 is 0. The first-order chi connectivity index (χ1) is 9.71. The van der Waals surface area contributed by atoms with Crippen molar-refractivity contribution >= 4 is 0 Å². The van der Waals surface area contributed by atoms with Gasteiger partial charge in [-0.25, -0.2) is 5.43 Å². The number of hydrogen-bond acceptors (Lipinski definition) is 5. The predicted molar refractivity (Wildman–Crippen MR) is 77.2 cm³/mol. The molecule has 0 aliphatic rings. The van der Waals surface area contributed by atoms with Crippen LogP contribution in [0.5, 0.6) is 5.75 Å². The van der Waals surface area contributed by atoms with Crippen molar-refractivity contribution in [1.29, 1.82) is 0 Å². The van der Waals surface area contributed by atoms with E-state index in [-0.39, 0.29) is 6.04 Å². The SMILES string of the molecule is CCCn1ncc(OC)c1C(NN)c1ccc(C)nc1. The number of pyridine rings is 1. The molecule has 2 aromatic rings. The van der Waals surface area contributed by atoms with Gasteiger partial charge in [0, 0.05) is 18.4 Å². The number of nitrogens with zero attached hydrogens (tertiary/aromatic N) is 3. The van der Waals surface area contributed by atoms with E-state index in [4.69, 9.17) is 10.6 Å². The molecule has 108 valence electrons. The Labute approximate surface area is 118 Å². The van der Waals surface area contributed by atoms with E-state index in [1.807, 2.05) is 29.9 Å². The molecule has 20 heavy (non-hydrogen) atoms. The van der Waals surface area contributed by atoms with Crippen LogP contribution in [-0.4, -0.2) is 21.9 Å². The highest BCUT2D eigenvalue weighted by Gasteiger charge is 2.22. The van der Waals surface area contributed by atoms with Crippen LogP contribution in [0.25, 0.3) is 0 Å². The highest BCUT2D eigenvalue weighted by atomic mass is 16.5. The number of hydrogen-bond donors (Lipinski definition) is 2. The number of ether oxygens (including phenoxy) is 1. The van der Waals surface area contributed by atoms with Crippen molar-refractivity contribution in [2.24, 2.45) is 5.84 Å².